The van der Waals surface area contributed by atoms with Gasteiger partial charge in [0.25, 0.3) is 5.91 Å². The summed E-state index contributed by atoms with van der Waals surface area (Å²) < 4.78 is 0. The number of rotatable bonds is 5. The van der Waals surface area contributed by atoms with Gasteiger partial charge in [0.05, 0.1) is 12.5 Å². The topological polar surface area (TPSA) is 61.0 Å². The molecule has 5 nitrogen and oxygen atoms in total. The van der Waals surface area contributed by atoms with Crippen LogP contribution in [0.3, 0.4) is 0 Å². The number of hydrogen-bond acceptors (Lipinski definition) is 3. The minimum Gasteiger partial charge on any atom is -0.341 e. The molecule has 2 rings (SSSR count). The smallest absolute Gasteiger partial charge is 0.271 e. The van der Waals surface area contributed by atoms with E-state index >= 15 is 0 Å². The van der Waals surface area contributed by atoms with E-state index in [4.69, 9.17) is 0 Å². The van der Waals surface area contributed by atoms with Gasteiger partial charge in [-0.25, -0.2) is 4.98 Å². The predicted molar refractivity (Wildman–Crippen MR) is 70.4 cm³/mol. The summed E-state index contributed by atoms with van der Waals surface area (Å²) in [4.78, 5) is 21.1. The van der Waals surface area contributed by atoms with Crippen molar-refractivity contribution in [2.45, 2.75) is 26.2 Å². The number of nitrogens with one attached hydrogen (secondary N) is 2. The Morgan fingerprint density at radius 1 is 1.50 bits per heavy atom. The molecular weight excluding hydrogens is 228 g/mol. The first kappa shape index (κ1) is 13.1. The summed E-state index contributed by atoms with van der Waals surface area (Å²) in [6, 6.07) is 0. The highest BCUT2D eigenvalue weighted by molar-refractivity contribution is 5.92. The SMILES string of the molecule is CCCN(CC1CCNCC1)C(=O)c1cnc[nH]1. The highest BCUT2D eigenvalue weighted by Gasteiger charge is 2.21. The van der Waals surface area contributed by atoms with Crippen molar-refractivity contribution < 1.29 is 4.79 Å². The Hall–Kier alpha value is -1.36. The Kier molecular flexibility index (Phi) is 4.75. The quantitative estimate of drug-likeness (QED) is 0.827. The molecule has 2 N–H and O–H groups in total. The van der Waals surface area contributed by atoms with E-state index in [0.717, 1.165) is 45.4 Å². The lowest BCUT2D eigenvalue weighted by Crippen LogP contribution is -2.39. The van der Waals surface area contributed by atoms with Gasteiger partial charge in [-0.15, -0.1) is 0 Å². The van der Waals surface area contributed by atoms with Crippen LogP contribution in [0.2, 0.25) is 0 Å². The molecule has 18 heavy (non-hydrogen) atoms. The van der Waals surface area contributed by atoms with Crippen LogP contribution in [0.5, 0.6) is 0 Å². The second-order valence-electron chi connectivity index (χ2n) is 4.91. The third-order valence-corrected chi connectivity index (χ3v) is 3.45. The molecule has 0 radical (unpaired) electrons. The number of aromatic nitrogens is 2. The van der Waals surface area contributed by atoms with Gasteiger partial charge in [0, 0.05) is 13.1 Å². The average molecular weight is 250 g/mol. The largest absolute Gasteiger partial charge is 0.341 e. The summed E-state index contributed by atoms with van der Waals surface area (Å²) in [5.41, 5.74) is 0.595. The molecule has 0 unspecified atom stereocenters. The minimum absolute atomic E-state index is 0.0767. The van der Waals surface area contributed by atoms with E-state index in [0.29, 0.717) is 11.6 Å². The first-order chi connectivity index (χ1) is 8.81. The maximum atomic E-state index is 12.3. The van der Waals surface area contributed by atoms with Gasteiger partial charge in [-0.05, 0) is 38.3 Å². The Morgan fingerprint density at radius 3 is 2.89 bits per heavy atom. The lowest BCUT2D eigenvalue weighted by molar-refractivity contribution is 0.0711. The van der Waals surface area contributed by atoms with Crippen molar-refractivity contribution in [3.8, 4) is 0 Å². The van der Waals surface area contributed by atoms with Crippen molar-refractivity contribution in [2.75, 3.05) is 26.2 Å². The van der Waals surface area contributed by atoms with Gasteiger partial charge < -0.3 is 15.2 Å². The fraction of sp³-hybridized carbons (Fsp3) is 0.692. The summed E-state index contributed by atoms with van der Waals surface area (Å²) in [7, 11) is 0. The van der Waals surface area contributed by atoms with Crippen molar-refractivity contribution in [3.63, 3.8) is 0 Å². The zero-order valence-electron chi connectivity index (χ0n) is 11.0. The minimum atomic E-state index is 0.0767. The second-order valence-corrected chi connectivity index (χ2v) is 4.91. The Labute approximate surface area is 108 Å². The van der Waals surface area contributed by atoms with Gasteiger partial charge in [-0.2, -0.15) is 0 Å². The molecule has 0 aromatic carbocycles. The van der Waals surface area contributed by atoms with Gasteiger partial charge in [0.15, 0.2) is 0 Å². The molecule has 0 spiro atoms. The summed E-state index contributed by atoms with van der Waals surface area (Å²) in [5, 5.41) is 3.36. The van der Waals surface area contributed by atoms with Crippen molar-refractivity contribution in [3.05, 3.63) is 18.2 Å². The van der Waals surface area contributed by atoms with E-state index in [1.54, 1.807) is 12.5 Å². The number of H-pyrrole nitrogens is 1. The summed E-state index contributed by atoms with van der Waals surface area (Å²) in [5.74, 6) is 0.706. The van der Waals surface area contributed by atoms with Crippen LogP contribution >= 0.6 is 0 Å². The fourth-order valence-electron chi connectivity index (χ4n) is 2.46. The van der Waals surface area contributed by atoms with E-state index in [1.807, 2.05) is 4.90 Å². The van der Waals surface area contributed by atoms with Crippen LogP contribution in [0.15, 0.2) is 12.5 Å². The van der Waals surface area contributed by atoms with Gasteiger partial charge in [-0.3, -0.25) is 4.79 Å². The van der Waals surface area contributed by atoms with Crippen molar-refractivity contribution in [1.29, 1.82) is 0 Å². The Balaban J connectivity index is 1.96. The van der Waals surface area contributed by atoms with Crippen LogP contribution < -0.4 is 5.32 Å². The van der Waals surface area contributed by atoms with Gasteiger partial charge in [0.1, 0.15) is 5.69 Å². The van der Waals surface area contributed by atoms with Crippen LogP contribution in [0, 0.1) is 5.92 Å². The predicted octanol–water partition coefficient (Wildman–Crippen LogP) is 1.26. The number of carbonyl (C=O) groups excluding carboxylic acids is 1. The third-order valence-electron chi connectivity index (χ3n) is 3.45. The molecule has 1 aromatic heterocycles. The highest BCUT2D eigenvalue weighted by Crippen LogP contribution is 2.15. The molecule has 2 heterocycles. The third kappa shape index (κ3) is 3.32. The monoisotopic (exact) mass is 250 g/mol. The number of carbonyl (C=O) groups is 1. The van der Waals surface area contributed by atoms with Crippen LogP contribution in [0.4, 0.5) is 0 Å². The van der Waals surface area contributed by atoms with E-state index in [1.165, 1.54) is 0 Å². The molecule has 5 heteroatoms. The number of amides is 1. The first-order valence-electron chi connectivity index (χ1n) is 6.79. The normalized spacial score (nSPS) is 16.7. The van der Waals surface area contributed by atoms with Gasteiger partial charge in [0.2, 0.25) is 0 Å². The van der Waals surface area contributed by atoms with Gasteiger partial charge in [-0.1, -0.05) is 6.92 Å². The molecule has 0 atom stereocenters. The molecule has 1 fully saturated rings. The molecule has 1 aliphatic rings. The van der Waals surface area contributed by atoms with Crippen LogP contribution in [0.25, 0.3) is 0 Å². The molecule has 1 saturated heterocycles. The van der Waals surface area contributed by atoms with E-state index in [-0.39, 0.29) is 5.91 Å². The lowest BCUT2D eigenvalue weighted by Gasteiger charge is -2.29. The molecule has 1 amide bonds. The standard InChI is InChI=1S/C13H22N4O/c1-2-7-17(9-11-3-5-14-6-4-11)13(18)12-8-15-10-16-12/h8,10-11,14H,2-7,9H2,1H3,(H,15,16). The van der Waals surface area contributed by atoms with Crippen molar-refractivity contribution >= 4 is 5.91 Å². The highest BCUT2D eigenvalue weighted by atomic mass is 16.2. The summed E-state index contributed by atoms with van der Waals surface area (Å²) in [6.45, 7) is 5.94. The van der Waals surface area contributed by atoms with Crippen LogP contribution in [-0.4, -0.2) is 47.0 Å². The number of piperidine rings is 1. The van der Waals surface area contributed by atoms with Crippen LogP contribution in [0.1, 0.15) is 36.7 Å². The second kappa shape index (κ2) is 6.54. The molecule has 0 saturated carbocycles. The van der Waals surface area contributed by atoms with E-state index in [2.05, 4.69) is 22.2 Å². The molecule has 1 aliphatic heterocycles. The molecule has 1 aromatic rings. The van der Waals surface area contributed by atoms with Crippen molar-refractivity contribution in [1.82, 2.24) is 20.2 Å². The fourth-order valence-corrected chi connectivity index (χ4v) is 2.46. The van der Waals surface area contributed by atoms with E-state index in [9.17, 15) is 4.79 Å². The maximum absolute atomic E-state index is 12.3. The molecule has 0 bridgehead atoms. The molecule has 100 valence electrons. The van der Waals surface area contributed by atoms with Gasteiger partial charge >= 0.3 is 0 Å². The van der Waals surface area contributed by atoms with Crippen LogP contribution in [-0.2, 0) is 0 Å². The summed E-state index contributed by atoms with van der Waals surface area (Å²) in [6.07, 6.45) is 6.48. The van der Waals surface area contributed by atoms with E-state index < -0.39 is 0 Å². The first-order valence-corrected chi connectivity index (χ1v) is 6.79. The average Bonchev–Trinajstić information content (AvgIpc) is 2.92. The van der Waals surface area contributed by atoms with Crippen molar-refractivity contribution in [2.24, 2.45) is 5.92 Å². The maximum Gasteiger partial charge on any atom is 0.271 e. The Morgan fingerprint density at radius 2 is 2.28 bits per heavy atom. The Bertz CT molecular complexity index is 357. The zero-order valence-corrected chi connectivity index (χ0v) is 11.0. The number of aromatic amines is 1. The molecule has 0 aliphatic carbocycles. The summed E-state index contributed by atoms with van der Waals surface area (Å²) >= 11 is 0. The number of imidazole rings is 1. The number of nitrogens with zero attached hydrogens (tertiary/aromatic N) is 2. The number of hydrogen-bond donors (Lipinski definition) is 2. The lowest BCUT2D eigenvalue weighted by atomic mass is 9.97. The molecular formula is C13H22N4O. The zero-order chi connectivity index (χ0) is 12.8.